The SMILES string of the molecule is CCC[CH2][Sn]([CH2]CCC)([CH2]CCC)/[C](=C/S(C)(=O)=O)P(=O)(OCC)OCC. The minimum atomic E-state index is -3.59. The molecule has 0 amide bonds. The molecule has 0 bridgehead atoms. The van der Waals surface area contributed by atoms with Gasteiger partial charge in [0.2, 0.25) is 0 Å². The third-order valence-electron chi connectivity index (χ3n) is 4.79. The summed E-state index contributed by atoms with van der Waals surface area (Å²) in [4.78, 5) is 0. The van der Waals surface area contributed by atoms with Gasteiger partial charge in [-0.2, -0.15) is 0 Å². The van der Waals surface area contributed by atoms with Gasteiger partial charge in [0.25, 0.3) is 0 Å². The molecule has 0 atom stereocenters. The second-order valence-corrected chi connectivity index (χ2v) is 25.5. The molecule has 0 unspecified atom stereocenters. The van der Waals surface area contributed by atoms with Crippen molar-refractivity contribution in [2.75, 3.05) is 19.5 Å². The molecule has 0 aromatic carbocycles. The van der Waals surface area contributed by atoms with Crippen molar-refractivity contribution in [3.05, 3.63) is 8.74 Å². The molecule has 0 saturated heterocycles. The van der Waals surface area contributed by atoms with Gasteiger partial charge in [0.05, 0.1) is 0 Å². The van der Waals surface area contributed by atoms with E-state index in [9.17, 15) is 13.0 Å². The molecule has 0 saturated carbocycles. The maximum atomic E-state index is 13.8. The molecule has 162 valence electrons. The van der Waals surface area contributed by atoms with Crippen molar-refractivity contribution in [2.45, 2.75) is 86.5 Å². The van der Waals surface area contributed by atoms with Crippen LogP contribution in [0.4, 0.5) is 0 Å². The summed E-state index contributed by atoms with van der Waals surface area (Å²) >= 11 is -3.30. The van der Waals surface area contributed by atoms with Gasteiger partial charge in [-0.25, -0.2) is 0 Å². The van der Waals surface area contributed by atoms with Crippen molar-refractivity contribution in [3.63, 3.8) is 0 Å². The molecule has 0 aliphatic rings. The van der Waals surface area contributed by atoms with Gasteiger partial charge in [0.1, 0.15) is 0 Å². The van der Waals surface area contributed by atoms with E-state index < -0.39 is 35.8 Å². The van der Waals surface area contributed by atoms with Gasteiger partial charge in [0, 0.05) is 0 Å². The number of hydrogen-bond acceptors (Lipinski definition) is 5. The van der Waals surface area contributed by atoms with E-state index in [1.54, 1.807) is 13.8 Å². The molecule has 0 N–H and O–H groups in total. The second-order valence-electron chi connectivity index (χ2n) is 7.26. The molecule has 0 fully saturated rings. The predicted octanol–water partition coefficient (Wildman–Crippen LogP) is 6.53. The van der Waals surface area contributed by atoms with Crippen LogP contribution in [0.25, 0.3) is 0 Å². The van der Waals surface area contributed by atoms with E-state index in [4.69, 9.17) is 9.05 Å². The Balaban J connectivity index is 6.60. The Morgan fingerprint density at radius 1 is 0.852 bits per heavy atom. The van der Waals surface area contributed by atoms with Gasteiger partial charge in [-0.15, -0.1) is 0 Å². The molecule has 0 spiro atoms. The summed E-state index contributed by atoms with van der Waals surface area (Å²) in [6, 6.07) is 0. The van der Waals surface area contributed by atoms with E-state index in [-0.39, 0.29) is 13.2 Å². The van der Waals surface area contributed by atoms with Gasteiger partial charge in [-0.1, -0.05) is 0 Å². The zero-order valence-corrected chi connectivity index (χ0v) is 22.8. The van der Waals surface area contributed by atoms with Crippen LogP contribution in [-0.4, -0.2) is 46.3 Å². The topological polar surface area (TPSA) is 69.7 Å². The molecular weight excluding hydrogens is 490 g/mol. The van der Waals surface area contributed by atoms with Gasteiger partial charge >= 0.3 is 173 Å². The van der Waals surface area contributed by atoms with Crippen LogP contribution in [0.15, 0.2) is 8.74 Å². The standard InChI is InChI=1S/C7H14O5PS.3C4H9.Sn/c1-4-11-13(8,12-5-2)6-7-14(3,9)10;3*1-3-4-2;/h7H,4-5H2,1-3H3;3*1,3-4H2,2H3;. The molecule has 0 aliphatic heterocycles. The number of unbranched alkanes of at least 4 members (excludes halogenated alkanes) is 3. The minimum absolute atomic E-state index is 0.246. The van der Waals surface area contributed by atoms with Crippen molar-refractivity contribution in [3.8, 4) is 0 Å². The first-order valence-electron chi connectivity index (χ1n) is 10.5. The summed E-state index contributed by atoms with van der Waals surface area (Å²) in [6.45, 7) is 10.5. The van der Waals surface area contributed by atoms with Crippen LogP contribution >= 0.6 is 7.60 Å². The van der Waals surface area contributed by atoms with Crippen LogP contribution in [-0.2, 0) is 23.4 Å². The maximum absolute atomic E-state index is 13.8. The quantitative estimate of drug-likeness (QED) is 0.168. The summed E-state index contributed by atoms with van der Waals surface area (Å²) < 4.78 is 53.3. The Kier molecular flexibility index (Phi) is 14.1. The average Bonchev–Trinajstić information content (AvgIpc) is 2.59. The Bertz CT molecular complexity index is 557. The first kappa shape index (κ1) is 27.6. The van der Waals surface area contributed by atoms with Crippen molar-refractivity contribution >= 4 is 35.8 Å². The van der Waals surface area contributed by atoms with Gasteiger partial charge in [0.15, 0.2) is 0 Å². The van der Waals surface area contributed by atoms with Crippen LogP contribution in [0.1, 0.15) is 73.1 Å². The van der Waals surface area contributed by atoms with Crippen LogP contribution in [0, 0.1) is 0 Å². The summed E-state index contributed by atoms with van der Waals surface area (Å²) in [5, 5.41) is 1.29. The molecule has 8 heteroatoms. The molecule has 27 heavy (non-hydrogen) atoms. The van der Waals surface area contributed by atoms with E-state index in [1.807, 2.05) is 0 Å². The molecular formula is C19H41O5PSSn. The number of rotatable bonds is 16. The number of hydrogen-bond donors (Lipinski definition) is 0. The Hall–Kier alpha value is 0.639. The molecule has 0 rings (SSSR count). The Morgan fingerprint density at radius 3 is 1.48 bits per heavy atom. The first-order chi connectivity index (χ1) is 12.6. The summed E-state index contributed by atoms with van der Waals surface area (Å²) in [5.41, 5.74) is 0. The molecule has 5 nitrogen and oxygen atoms in total. The molecule has 0 heterocycles. The van der Waals surface area contributed by atoms with Gasteiger partial charge < -0.3 is 0 Å². The molecule has 0 aromatic heterocycles. The van der Waals surface area contributed by atoms with Gasteiger partial charge in [-0.3, -0.25) is 0 Å². The summed E-state index contributed by atoms with van der Waals surface area (Å²) in [7, 11) is -7.04. The van der Waals surface area contributed by atoms with Gasteiger partial charge in [-0.05, 0) is 0 Å². The second kappa shape index (κ2) is 13.8. The zero-order chi connectivity index (χ0) is 21.0. The fourth-order valence-electron chi connectivity index (χ4n) is 3.50. The van der Waals surface area contributed by atoms with Crippen LogP contribution < -0.4 is 0 Å². The molecule has 0 radical (unpaired) electrons. The zero-order valence-electron chi connectivity index (χ0n) is 18.3. The van der Waals surface area contributed by atoms with E-state index in [0.717, 1.165) is 51.8 Å². The third-order valence-corrected chi connectivity index (χ3v) is 28.4. The van der Waals surface area contributed by atoms with Crippen molar-refractivity contribution in [1.82, 2.24) is 0 Å². The van der Waals surface area contributed by atoms with E-state index in [1.165, 1.54) is 11.7 Å². The van der Waals surface area contributed by atoms with Crippen LogP contribution in [0.2, 0.25) is 13.3 Å². The van der Waals surface area contributed by atoms with Crippen molar-refractivity contribution in [2.24, 2.45) is 0 Å². The van der Waals surface area contributed by atoms with E-state index >= 15 is 0 Å². The van der Waals surface area contributed by atoms with Crippen LogP contribution in [0.3, 0.4) is 0 Å². The third kappa shape index (κ3) is 9.79. The van der Waals surface area contributed by atoms with E-state index in [2.05, 4.69) is 20.8 Å². The van der Waals surface area contributed by atoms with E-state index in [0.29, 0.717) is 3.33 Å². The summed E-state index contributed by atoms with van der Waals surface area (Å²) in [6.07, 6.45) is 7.48. The summed E-state index contributed by atoms with van der Waals surface area (Å²) in [5.74, 6) is 0. The Labute approximate surface area is 172 Å². The normalized spacial score (nSPS) is 13.9. The Morgan fingerprint density at radius 2 is 1.22 bits per heavy atom. The fourth-order valence-corrected chi connectivity index (χ4v) is 32.3. The fraction of sp³-hybridized carbons (Fsp3) is 0.895. The molecule has 0 aromatic rings. The van der Waals surface area contributed by atoms with Crippen molar-refractivity contribution < 1.29 is 22.0 Å². The monoisotopic (exact) mass is 532 g/mol. The average molecular weight is 531 g/mol. The number of sulfone groups is 1. The van der Waals surface area contributed by atoms with Crippen molar-refractivity contribution in [1.29, 1.82) is 0 Å². The van der Waals surface area contributed by atoms with Crippen LogP contribution in [0.5, 0.6) is 0 Å². The predicted molar refractivity (Wildman–Crippen MR) is 119 cm³/mol. The molecule has 0 aliphatic carbocycles. The first-order valence-corrected chi connectivity index (χ1v) is 21.4.